The van der Waals surface area contributed by atoms with Gasteiger partial charge in [0.2, 0.25) is 0 Å². The van der Waals surface area contributed by atoms with E-state index in [1.807, 2.05) is 0 Å². The fourth-order valence-corrected chi connectivity index (χ4v) is 0.707. The second-order valence-corrected chi connectivity index (χ2v) is 4.16. The fraction of sp³-hybridized carbons (Fsp3) is 1.00. The minimum absolute atomic E-state index is 0.552. The Labute approximate surface area is 77.8 Å². The van der Waals surface area contributed by atoms with Crippen molar-refractivity contribution in [1.82, 2.24) is 0 Å². The summed E-state index contributed by atoms with van der Waals surface area (Å²) in [4.78, 5) is 0. The Bertz CT molecular complexity index is 108. The molecule has 0 fully saturated rings. The number of hydrogen-bond acceptors (Lipinski definition) is 0. The molecule has 0 amide bonds. The molecule has 13 heavy (non-hydrogen) atoms. The van der Waals surface area contributed by atoms with E-state index in [2.05, 4.69) is 27.7 Å². The normalized spacial score (nSPS) is 12.0. The highest BCUT2D eigenvalue weighted by Gasteiger charge is 2.20. The molecule has 0 aliphatic rings. The predicted octanol–water partition coefficient (Wildman–Crippen LogP) is 4.52. The lowest BCUT2D eigenvalue weighted by Gasteiger charge is -2.16. The van der Waals surface area contributed by atoms with E-state index in [-0.39, 0.29) is 0 Å². The Morgan fingerprint density at radius 3 is 1.38 bits per heavy atom. The van der Waals surface area contributed by atoms with Crippen LogP contribution < -0.4 is 0 Å². The van der Waals surface area contributed by atoms with Crippen molar-refractivity contribution in [3.05, 3.63) is 0 Å². The Hall–Kier alpha value is -0.215. The molecular weight excluding hydrogens is 183 g/mol. The van der Waals surface area contributed by atoms with Crippen LogP contribution in [0.3, 0.4) is 0 Å². The first-order valence-corrected chi connectivity index (χ1v) is 4.43. The highest BCUT2D eigenvalue weighted by atomic mass is 19.5. The molecule has 0 saturated heterocycles. The molecule has 82 valence electrons. The Morgan fingerprint density at radius 1 is 1.00 bits per heavy atom. The lowest BCUT2D eigenvalue weighted by Crippen LogP contribution is -2.03. The molecule has 0 unspecified atom stereocenters. The lowest BCUT2D eigenvalue weighted by molar-refractivity contribution is 0.363. The molecule has 0 nitrogen and oxygen atoms in total. The molecule has 0 rings (SSSR count). The maximum Gasteiger partial charge on any atom is 0.673 e. The summed E-state index contributed by atoms with van der Waals surface area (Å²) in [5, 5.41) is 0. The molecule has 0 aliphatic heterocycles. The van der Waals surface area contributed by atoms with Crippen LogP contribution >= 0.6 is 0 Å². The van der Waals surface area contributed by atoms with Crippen LogP contribution in [0, 0.1) is 5.41 Å². The highest BCUT2D eigenvalue weighted by molar-refractivity contribution is 6.50. The van der Waals surface area contributed by atoms with Crippen LogP contribution in [0.5, 0.6) is 0 Å². The van der Waals surface area contributed by atoms with Crippen LogP contribution in [0.25, 0.3) is 0 Å². The van der Waals surface area contributed by atoms with Crippen molar-refractivity contribution in [2.45, 2.75) is 47.0 Å². The predicted molar refractivity (Wildman–Crippen MR) is 49.2 cm³/mol. The standard InChI is InChI=1S/C8H18.BF4/c1-5-6-7-8(2,3)4;2-1(3,4)5/h5-7H2,1-4H3;/q;-1. The van der Waals surface area contributed by atoms with Crippen molar-refractivity contribution in [2.24, 2.45) is 5.41 Å². The van der Waals surface area contributed by atoms with Crippen molar-refractivity contribution in [3.63, 3.8) is 0 Å². The third-order valence-corrected chi connectivity index (χ3v) is 1.28. The van der Waals surface area contributed by atoms with Gasteiger partial charge >= 0.3 is 7.25 Å². The van der Waals surface area contributed by atoms with E-state index < -0.39 is 7.25 Å². The lowest BCUT2D eigenvalue weighted by atomic mass is 9.90. The summed E-state index contributed by atoms with van der Waals surface area (Å²) >= 11 is 0. The molecule has 0 N–H and O–H groups in total. The summed E-state index contributed by atoms with van der Waals surface area (Å²) in [7, 11) is -6.00. The van der Waals surface area contributed by atoms with Crippen LogP contribution in [0.1, 0.15) is 47.0 Å². The Kier molecular flexibility index (Phi) is 7.36. The van der Waals surface area contributed by atoms with Gasteiger partial charge in [0.25, 0.3) is 0 Å². The van der Waals surface area contributed by atoms with Crippen LogP contribution in [-0.2, 0) is 0 Å². The molecule has 5 heteroatoms. The van der Waals surface area contributed by atoms with Gasteiger partial charge in [0, 0.05) is 0 Å². The van der Waals surface area contributed by atoms with Crippen molar-refractivity contribution in [3.8, 4) is 0 Å². The van der Waals surface area contributed by atoms with Crippen LogP contribution in [-0.4, -0.2) is 7.25 Å². The molecule has 0 spiro atoms. The maximum atomic E-state index is 9.75. The molecule has 0 saturated carbocycles. The van der Waals surface area contributed by atoms with Gasteiger partial charge in [-0.15, -0.1) is 0 Å². The summed E-state index contributed by atoms with van der Waals surface area (Å²) in [6.45, 7) is 9.12. The average Bonchev–Trinajstić information content (AvgIpc) is 1.77. The highest BCUT2D eigenvalue weighted by Crippen LogP contribution is 2.20. The summed E-state index contributed by atoms with van der Waals surface area (Å²) in [6.07, 6.45) is 4.07. The first-order valence-electron chi connectivity index (χ1n) is 4.43. The molecule has 0 aromatic carbocycles. The minimum atomic E-state index is -6.00. The quantitative estimate of drug-likeness (QED) is 0.455. The molecule has 0 aromatic rings. The zero-order valence-electron chi connectivity index (χ0n) is 8.71. The van der Waals surface area contributed by atoms with E-state index in [1.54, 1.807) is 0 Å². The molecule has 0 aromatic heterocycles. The fourth-order valence-electron chi connectivity index (χ4n) is 0.707. The van der Waals surface area contributed by atoms with Crippen molar-refractivity contribution < 1.29 is 17.3 Å². The van der Waals surface area contributed by atoms with E-state index in [0.29, 0.717) is 5.41 Å². The second-order valence-electron chi connectivity index (χ2n) is 4.16. The van der Waals surface area contributed by atoms with Crippen molar-refractivity contribution in [1.29, 1.82) is 0 Å². The van der Waals surface area contributed by atoms with Gasteiger partial charge in [0.05, 0.1) is 0 Å². The van der Waals surface area contributed by atoms with Gasteiger partial charge in [-0.1, -0.05) is 40.5 Å². The third-order valence-electron chi connectivity index (χ3n) is 1.28. The van der Waals surface area contributed by atoms with Crippen molar-refractivity contribution >= 4 is 7.25 Å². The summed E-state index contributed by atoms with van der Waals surface area (Å²) in [6, 6.07) is 0. The zero-order chi connectivity index (χ0) is 11.1. The van der Waals surface area contributed by atoms with Gasteiger partial charge < -0.3 is 17.3 Å². The van der Waals surface area contributed by atoms with E-state index >= 15 is 0 Å². The van der Waals surface area contributed by atoms with Gasteiger partial charge in [-0.25, -0.2) is 0 Å². The maximum absolute atomic E-state index is 9.75. The monoisotopic (exact) mass is 201 g/mol. The first-order chi connectivity index (χ1) is 5.56. The molecule has 0 aliphatic carbocycles. The first kappa shape index (κ1) is 15.3. The van der Waals surface area contributed by atoms with Crippen LogP contribution in [0.15, 0.2) is 0 Å². The SMILES string of the molecule is CCCCC(C)(C)C.F[B-](F)(F)F. The third kappa shape index (κ3) is 49.3. The van der Waals surface area contributed by atoms with Crippen LogP contribution in [0.2, 0.25) is 0 Å². The van der Waals surface area contributed by atoms with Gasteiger partial charge in [0.1, 0.15) is 0 Å². The van der Waals surface area contributed by atoms with Crippen LogP contribution in [0.4, 0.5) is 17.3 Å². The second kappa shape index (κ2) is 6.27. The van der Waals surface area contributed by atoms with E-state index in [0.717, 1.165) is 0 Å². The average molecular weight is 201 g/mol. The minimum Gasteiger partial charge on any atom is -0.418 e. The summed E-state index contributed by atoms with van der Waals surface area (Å²) in [5.74, 6) is 0. The van der Waals surface area contributed by atoms with Gasteiger partial charge in [-0.05, 0) is 11.8 Å². The number of hydrogen-bond donors (Lipinski definition) is 0. The molecular formula is C8H18BF4-. The number of rotatable bonds is 2. The Balaban J connectivity index is 0. The molecule has 0 atom stereocenters. The number of halogens is 4. The van der Waals surface area contributed by atoms with Crippen molar-refractivity contribution in [2.75, 3.05) is 0 Å². The zero-order valence-corrected chi connectivity index (χ0v) is 8.71. The summed E-state index contributed by atoms with van der Waals surface area (Å²) in [5.41, 5.74) is 0.552. The van der Waals surface area contributed by atoms with Gasteiger partial charge in [-0.3, -0.25) is 0 Å². The smallest absolute Gasteiger partial charge is 0.418 e. The molecule has 0 bridgehead atoms. The largest absolute Gasteiger partial charge is 0.673 e. The summed E-state index contributed by atoms with van der Waals surface area (Å²) < 4.78 is 39.0. The number of unbranched alkanes of at least 4 members (excludes halogenated alkanes) is 1. The Morgan fingerprint density at radius 2 is 1.31 bits per heavy atom. The topological polar surface area (TPSA) is 0 Å². The van der Waals surface area contributed by atoms with Gasteiger partial charge in [0.15, 0.2) is 0 Å². The molecule has 0 radical (unpaired) electrons. The van der Waals surface area contributed by atoms with E-state index in [9.17, 15) is 17.3 Å². The molecule has 0 heterocycles. The van der Waals surface area contributed by atoms with E-state index in [1.165, 1.54) is 19.3 Å². The van der Waals surface area contributed by atoms with Gasteiger partial charge in [-0.2, -0.15) is 0 Å². The van der Waals surface area contributed by atoms with E-state index in [4.69, 9.17) is 0 Å².